The van der Waals surface area contributed by atoms with Crippen LogP contribution in [0.1, 0.15) is 32.3 Å². The fourth-order valence-corrected chi connectivity index (χ4v) is 3.45. The molecule has 0 spiro atoms. The first kappa shape index (κ1) is 26.7. The van der Waals surface area contributed by atoms with Crippen molar-refractivity contribution in [3.05, 3.63) is 48.3 Å². The number of carboxylic acid groups (broad SMARTS) is 1. The van der Waals surface area contributed by atoms with E-state index in [0.29, 0.717) is 13.2 Å². The first-order valence-electron chi connectivity index (χ1n) is 11.2. The van der Waals surface area contributed by atoms with E-state index in [2.05, 4.69) is 4.98 Å². The highest BCUT2D eigenvalue weighted by Crippen LogP contribution is 2.31. The smallest absolute Gasteiger partial charge is 0.306 e. The highest BCUT2D eigenvalue weighted by Gasteiger charge is 2.27. The van der Waals surface area contributed by atoms with E-state index in [-0.39, 0.29) is 25.6 Å². The molecule has 8 heteroatoms. The number of ether oxygens (including phenoxy) is 3. The van der Waals surface area contributed by atoms with E-state index in [1.807, 2.05) is 44.2 Å². The predicted octanol–water partition coefficient (Wildman–Crippen LogP) is 3.12. The van der Waals surface area contributed by atoms with E-state index in [0.717, 1.165) is 28.9 Å². The number of methoxy groups -OCH3 is 1. The number of nitrogens with zero attached hydrogens (tertiary/aromatic N) is 1. The molecule has 0 saturated carbocycles. The molecule has 1 heterocycles. The van der Waals surface area contributed by atoms with Crippen LogP contribution in [0.2, 0.25) is 0 Å². The molecule has 0 aliphatic heterocycles. The Kier molecular flexibility index (Phi) is 11.3. The molecule has 0 aliphatic carbocycles. The fourth-order valence-electron chi connectivity index (χ4n) is 3.45. The van der Waals surface area contributed by atoms with Crippen LogP contribution in [0.5, 0.6) is 5.75 Å². The van der Waals surface area contributed by atoms with E-state index in [1.54, 1.807) is 19.5 Å². The zero-order chi connectivity index (χ0) is 24.2. The van der Waals surface area contributed by atoms with Crippen LogP contribution in [0.4, 0.5) is 0 Å². The van der Waals surface area contributed by atoms with Crippen LogP contribution in [0, 0.1) is 11.8 Å². The molecule has 0 amide bonds. The molecular weight excluding hydrogens is 424 g/mol. The molecule has 0 radical (unpaired) electrons. The first-order valence-corrected chi connectivity index (χ1v) is 11.2. The van der Waals surface area contributed by atoms with E-state index >= 15 is 0 Å². The lowest BCUT2D eigenvalue weighted by Crippen LogP contribution is -2.41. The average Bonchev–Trinajstić information content (AvgIpc) is 2.80. The summed E-state index contributed by atoms with van der Waals surface area (Å²) >= 11 is 0. The van der Waals surface area contributed by atoms with E-state index in [1.165, 1.54) is 0 Å². The van der Waals surface area contributed by atoms with Crippen molar-refractivity contribution < 1.29 is 29.2 Å². The van der Waals surface area contributed by atoms with Gasteiger partial charge in [0.1, 0.15) is 5.75 Å². The molecule has 2 rings (SSSR count). The Labute approximate surface area is 195 Å². The van der Waals surface area contributed by atoms with Crippen LogP contribution in [0.3, 0.4) is 0 Å². The molecule has 0 aliphatic rings. The highest BCUT2D eigenvalue weighted by atomic mass is 16.5. The van der Waals surface area contributed by atoms with Gasteiger partial charge in [0.2, 0.25) is 0 Å². The van der Waals surface area contributed by atoms with Crippen LogP contribution in [0.15, 0.2) is 42.7 Å². The van der Waals surface area contributed by atoms with Crippen molar-refractivity contribution in [3.8, 4) is 16.9 Å². The molecular formula is C25H36N2O6. The Balaban J connectivity index is 1.98. The monoisotopic (exact) mass is 460 g/mol. The normalized spacial score (nSPS) is 14.1. The number of aliphatic hydroxyl groups is 1. The second-order valence-corrected chi connectivity index (χ2v) is 8.43. The standard InChI is InChI=1S/C25H36N2O6/c1-17(2)21(25(29)30)14-23(28)22(26)16-32-15-18-5-6-20(19-7-9-27-10-8-19)24(13-18)33-12-4-11-31-3/h5-10,13,17,21-23,28H,4,11-12,14-16,26H2,1-3H3,(H,29,30). The molecule has 33 heavy (non-hydrogen) atoms. The van der Waals surface area contributed by atoms with Gasteiger partial charge in [0, 0.05) is 38.1 Å². The average molecular weight is 461 g/mol. The van der Waals surface area contributed by atoms with Crippen LogP contribution >= 0.6 is 0 Å². The van der Waals surface area contributed by atoms with Gasteiger partial charge in [-0.05, 0) is 41.7 Å². The largest absolute Gasteiger partial charge is 0.493 e. The summed E-state index contributed by atoms with van der Waals surface area (Å²) in [4.78, 5) is 15.4. The maximum atomic E-state index is 11.4. The Morgan fingerprint density at radius 1 is 1.15 bits per heavy atom. The maximum absolute atomic E-state index is 11.4. The third kappa shape index (κ3) is 8.74. The van der Waals surface area contributed by atoms with Gasteiger partial charge in [-0.25, -0.2) is 0 Å². The maximum Gasteiger partial charge on any atom is 0.306 e. The summed E-state index contributed by atoms with van der Waals surface area (Å²) in [6.45, 7) is 5.18. The van der Waals surface area contributed by atoms with E-state index in [4.69, 9.17) is 19.9 Å². The van der Waals surface area contributed by atoms with Crippen molar-refractivity contribution >= 4 is 5.97 Å². The summed E-state index contributed by atoms with van der Waals surface area (Å²) in [5.74, 6) is -0.926. The summed E-state index contributed by atoms with van der Waals surface area (Å²) in [6, 6.07) is 9.05. The van der Waals surface area contributed by atoms with Gasteiger partial charge >= 0.3 is 5.97 Å². The number of hydrogen-bond acceptors (Lipinski definition) is 7. The molecule has 1 aromatic carbocycles. The topological polar surface area (TPSA) is 124 Å². The van der Waals surface area contributed by atoms with Gasteiger partial charge in [-0.15, -0.1) is 0 Å². The van der Waals surface area contributed by atoms with Gasteiger partial charge in [0.15, 0.2) is 0 Å². The van der Waals surface area contributed by atoms with Gasteiger partial charge in [0.05, 0.1) is 37.9 Å². The van der Waals surface area contributed by atoms with Crippen molar-refractivity contribution in [2.24, 2.45) is 17.6 Å². The van der Waals surface area contributed by atoms with Crippen LogP contribution in [-0.4, -0.2) is 60.2 Å². The summed E-state index contributed by atoms with van der Waals surface area (Å²) in [7, 11) is 1.66. The molecule has 4 N–H and O–H groups in total. The van der Waals surface area contributed by atoms with Crippen LogP contribution in [0.25, 0.3) is 11.1 Å². The molecule has 1 aromatic heterocycles. The number of pyridine rings is 1. The molecule has 3 unspecified atom stereocenters. The van der Waals surface area contributed by atoms with Crippen molar-refractivity contribution in [2.75, 3.05) is 26.9 Å². The number of rotatable bonds is 15. The van der Waals surface area contributed by atoms with Gasteiger partial charge in [-0.2, -0.15) is 0 Å². The summed E-state index contributed by atoms with van der Waals surface area (Å²) in [5.41, 5.74) is 8.91. The summed E-state index contributed by atoms with van der Waals surface area (Å²) < 4.78 is 16.8. The first-order chi connectivity index (χ1) is 15.8. The molecule has 8 nitrogen and oxygen atoms in total. The van der Waals surface area contributed by atoms with Crippen molar-refractivity contribution in [1.82, 2.24) is 4.98 Å². The second-order valence-electron chi connectivity index (χ2n) is 8.43. The molecule has 0 fully saturated rings. The SMILES string of the molecule is COCCCOc1cc(COCC(N)C(O)CC(C(=O)O)C(C)C)ccc1-c1ccncc1. The Morgan fingerprint density at radius 3 is 2.52 bits per heavy atom. The quantitative estimate of drug-likeness (QED) is 0.346. The number of aliphatic hydroxyl groups excluding tert-OH is 1. The Hall–Kier alpha value is -2.52. The lowest BCUT2D eigenvalue weighted by molar-refractivity contribution is -0.144. The van der Waals surface area contributed by atoms with E-state index in [9.17, 15) is 15.0 Å². The zero-order valence-corrected chi connectivity index (χ0v) is 19.6. The fraction of sp³-hybridized carbons (Fsp3) is 0.520. The highest BCUT2D eigenvalue weighted by molar-refractivity contribution is 5.71. The lowest BCUT2D eigenvalue weighted by Gasteiger charge is -2.24. The number of hydrogen-bond donors (Lipinski definition) is 3. The number of nitrogens with two attached hydrogens (primary N) is 1. The molecule has 182 valence electrons. The molecule has 0 saturated heterocycles. The second kappa shape index (κ2) is 13.9. The van der Waals surface area contributed by atoms with Gasteiger partial charge in [-0.3, -0.25) is 9.78 Å². The number of carboxylic acids is 1. The number of benzene rings is 1. The van der Waals surface area contributed by atoms with Crippen molar-refractivity contribution in [3.63, 3.8) is 0 Å². The van der Waals surface area contributed by atoms with Crippen molar-refractivity contribution in [2.45, 2.75) is 45.4 Å². The zero-order valence-electron chi connectivity index (χ0n) is 19.6. The van der Waals surface area contributed by atoms with E-state index < -0.39 is 24.0 Å². The molecule has 2 aromatic rings. The predicted molar refractivity (Wildman–Crippen MR) is 126 cm³/mol. The summed E-state index contributed by atoms with van der Waals surface area (Å²) in [6.07, 6.45) is 3.39. The minimum absolute atomic E-state index is 0.0912. The molecule has 3 atom stereocenters. The van der Waals surface area contributed by atoms with Gasteiger partial charge in [-0.1, -0.05) is 26.0 Å². The minimum atomic E-state index is -0.956. The Morgan fingerprint density at radius 2 is 1.88 bits per heavy atom. The number of carbonyl (C=O) groups is 1. The van der Waals surface area contributed by atoms with Crippen LogP contribution in [-0.2, 0) is 20.9 Å². The number of aromatic nitrogens is 1. The third-order valence-corrected chi connectivity index (χ3v) is 5.48. The van der Waals surface area contributed by atoms with Crippen LogP contribution < -0.4 is 10.5 Å². The number of aliphatic carboxylic acids is 1. The van der Waals surface area contributed by atoms with Gasteiger partial charge in [0.25, 0.3) is 0 Å². The minimum Gasteiger partial charge on any atom is -0.493 e. The molecule has 0 bridgehead atoms. The lowest BCUT2D eigenvalue weighted by atomic mass is 9.88. The van der Waals surface area contributed by atoms with Crippen molar-refractivity contribution in [1.29, 1.82) is 0 Å². The third-order valence-electron chi connectivity index (χ3n) is 5.48. The Bertz CT molecular complexity index is 846. The summed E-state index contributed by atoms with van der Waals surface area (Å²) in [5, 5.41) is 19.6. The van der Waals surface area contributed by atoms with Gasteiger partial charge < -0.3 is 30.2 Å².